The largest absolute Gasteiger partial charge is 0.469 e. The second-order valence-corrected chi connectivity index (χ2v) is 4.38. The van der Waals surface area contributed by atoms with Gasteiger partial charge in [0.05, 0.1) is 18.5 Å². The van der Waals surface area contributed by atoms with Gasteiger partial charge >= 0.3 is 5.97 Å². The van der Waals surface area contributed by atoms with E-state index in [1.807, 2.05) is 0 Å². The van der Waals surface area contributed by atoms with Gasteiger partial charge in [0.25, 0.3) is 11.6 Å². The number of hydrogen-bond donors (Lipinski definition) is 0. The zero-order valence-electron chi connectivity index (χ0n) is 11.5. The summed E-state index contributed by atoms with van der Waals surface area (Å²) in [5.41, 5.74) is -0.590. The average Bonchev–Trinajstić information content (AvgIpc) is 2.46. The van der Waals surface area contributed by atoms with Crippen LogP contribution in [0, 0.1) is 10.1 Å². The van der Waals surface area contributed by atoms with Gasteiger partial charge < -0.3 is 9.64 Å². The number of rotatable bonds is 6. The van der Waals surface area contributed by atoms with Gasteiger partial charge in [-0.05, 0) is 13.0 Å². The van der Waals surface area contributed by atoms with Crippen LogP contribution in [0.2, 0.25) is 5.15 Å². The maximum absolute atomic E-state index is 12.3. The van der Waals surface area contributed by atoms with Crippen LogP contribution in [0.3, 0.4) is 0 Å². The number of aromatic nitrogens is 1. The summed E-state index contributed by atoms with van der Waals surface area (Å²) in [4.78, 5) is 38.6. The fourth-order valence-corrected chi connectivity index (χ4v) is 1.80. The van der Waals surface area contributed by atoms with Gasteiger partial charge in [0.1, 0.15) is 16.9 Å². The Morgan fingerprint density at radius 1 is 1.52 bits per heavy atom. The van der Waals surface area contributed by atoms with Crippen molar-refractivity contribution in [2.75, 3.05) is 20.2 Å². The summed E-state index contributed by atoms with van der Waals surface area (Å²) in [6, 6.07) is 1.14. The van der Waals surface area contributed by atoms with Crippen molar-refractivity contribution in [1.82, 2.24) is 9.88 Å². The molecule has 0 aliphatic rings. The van der Waals surface area contributed by atoms with Crippen LogP contribution in [0.15, 0.2) is 12.3 Å². The third kappa shape index (κ3) is 4.38. The van der Waals surface area contributed by atoms with Crippen molar-refractivity contribution in [3.8, 4) is 0 Å². The van der Waals surface area contributed by atoms with Crippen LogP contribution in [0.1, 0.15) is 23.7 Å². The zero-order valence-corrected chi connectivity index (χ0v) is 12.3. The van der Waals surface area contributed by atoms with Gasteiger partial charge in [0.15, 0.2) is 0 Å². The van der Waals surface area contributed by atoms with E-state index in [0.717, 1.165) is 12.3 Å². The third-order valence-electron chi connectivity index (χ3n) is 2.76. The number of nitro groups is 1. The second kappa shape index (κ2) is 7.53. The number of pyridine rings is 1. The van der Waals surface area contributed by atoms with Crippen LogP contribution >= 0.6 is 11.6 Å². The van der Waals surface area contributed by atoms with E-state index in [1.54, 1.807) is 6.92 Å². The van der Waals surface area contributed by atoms with Crippen molar-refractivity contribution in [3.63, 3.8) is 0 Å². The van der Waals surface area contributed by atoms with E-state index in [-0.39, 0.29) is 30.2 Å². The van der Waals surface area contributed by atoms with Crippen molar-refractivity contribution in [2.24, 2.45) is 0 Å². The van der Waals surface area contributed by atoms with E-state index in [2.05, 4.69) is 9.72 Å². The Hall–Kier alpha value is -2.22. The molecule has 0 unspecified atom stereocenters. The lowest BCUT2D eigenvalue weighted by molar-refractivity contribution is -0.385. The smallest absolute Gasteiger partial charge is 0.307 e. The van der Waals surface area contributed by atoms with Crippen molar-refractivity contribution in [2.45, 2.75) is 13.3 Å². The molecule has 0 fully saturated rings. The molecule has 0 aliphatic carbocycles. The molecule has 1 aromatic rings. The van der Waals surface area contributed by atoms with Crippen LogP contribution in [0.5, 0.6) is 0 Å². The summed E-state index contributed by atoms with van der Waals surface area (Å²) in [6.07, 6.45) is 0.937. The highest BCUT2D eigenvalue weighted by molar-refractivity contribution is 6.29. The summed E-state index contributed by atoms with van der Waals surface area (Å²) in [7, 11) is 1.24. The van der Waals surface area contributed by atoms with Gasteiger partial charge in [-0.3, -0.25) is 19.7 Å². The molecule has 0 radical (unpaired) electrons. The topological polar surface area (TPSA) is 103 Å². The van der Waals surface area contributed by atoms with Gasteiger partial charge in [-0.25, -0.2) is 4.98 Å². The van der Waals surface area contributed by atoms with E-state index in [4.69, 9.17) is 11.6 Å². The van der Waals surface area contributed by atoms with Gasteiger partial charge in [-0.1, -0.05) is 11.6 Å². The molecule has 1 aromatic heterocycles. The molecule has 0 atom stereocenters. The van der Waals surface area contributed by atoms with Crippen LogP contribution in [0.4, 0.5) is 5.69 Å². The van der Waals surface area contributed by atoms with Gasteiger partial charge in [0.2, 0.25) is 0 Å². The molecule has 21 heavy (non-hydrogen) atoms. The number of methoxy groups -OCH3 is 1. The Balaban J connectivity index is 3.02. The number of halogens is 1. The highest BCUT2D eigenvalue weighted by Crippen LogP contribution is 2.22. The average molecular weight is 316 g/mol. The standard InChI is InChI=1S/C12H14ClN3O5/c1-3-15(5-4-11(17)21-2)12(18)8-6-10(13)14-7-9(8)16(19)20/h6-7H,3-5H2,1-2H3. The maximum atomic E-state index is 12.3. The van der Waals surface area contributed by atoms with E-state index in [1.165, 1.54) is 12.0 Å². The molecule has 0 N–H and O–H groups in total. The molecule has 1 heterocycles. The van der Waals surface area contributed by atoms with E-state index in [9.17, 15) is 19.7 Å². The van der Waals surface area contributed by atoms with Gasteiger partial charge in [0, 0.05) is 13.1 Å². The minimum Gasteiger partial charge on any atom is -0.469 e. The van der Waals surface area contributed by atoms with Crippen molar-refractivity contribution in [3.05, 3.63) is 33.1 Å². The lowest BCUT2D eigenvalue weighted by atomic mass is 10.2. The van der Waals surface area contributed by atoms with E-state index >= 15 is 0 Å². The molecule has 0 aromatic carbocycles. The summed E-state index contributed by atoms with van der Waals surface area (Å²) >= 11 is 5.68. The van der Waals surface area contributed by atoms with Crippen molar-refractivity contribution >= 4 is 29.2 Å². The van der Waals surface area contributed by atoms with Crippen LogP contribution in [-0.4, -0.2) is 46.9 Å². The minimum atomic E-state index is -0.704. The first kappa shape index (κ1) is 16.8. The number of amides is 1. The molecular weight excluding hydrogens is 302 g/mol. The quantitative estimate of drug-likeness (QED) is 0.342. The fraction of sp³-hybridized carbons (Fsp3) is 0.417. The highest BCUT2D eigenvalue weighted by atomic mass is 35.5. The monoisotopic (exact) mass is 315 g/mol. The zero-order chi connectivity index (χ0) is 16.0. The Morgan fingerprint density at radius 3 is 2.71 bits per heavy atom. The molecule has 1 rings (SSSR count). The van der Waals surface area contributed by atoms with Gasteiger partial charge in [-0.15, -0.1) is 0 Å². The normalized spacial score (nSPS) is 10.0. The first-order valence-electron chi connectivity index (χ1n) is 6.06. The van der Waals surface area contributed by atoms with Crippen LogP contribution < -0.4 is 0 Å². The third-order valence-corrected chi connectivity index (χ3v) is 2.97. The predicted octanol–water partition coefficient (Wildman–Crippen LogP) is 1.67. The fourth-order valence-electron chi connectivity index (χ4n) is 1.64. The Labute approximate surface area is 125 Å². The number of esters is 1. The number of carbonyl (C=O) groups is 2. The summed E-state index contributed by atoms with van der Waals surface area (Å²) in [5.74, 6) is -1.05. The Bertz CT molecular complexity index is 564. The number of ether oxygens (including phenoxy) is 1. The molecule has 0 aliphatic heterocycles. The second-order valence-electron chi connectivity index (χ2n) is 3.99. The summed E-state index contributed by atoms with van der Waals surface area (Å²) in [5, 5.41) is 10.9. The van der Waals surface area contributed by atoms with Crippen LogP contribution in [-0.2, 0) is 9.53 Å². The molecule has 9 heteroatoms. The first-order valence-corrected chi connectivity index (χ1v) is 6.44. The molecule has 0 saturated carbocycles. The van der Waals surface area contributed by atoms with E-state index < -0.39 is 22.5 Å². The number of carbonyl (C=O) groups excluding carboxylic acids is 2. The maximum Gasteiger partial charge on any atom is 0.307 e. The van der Waals surface area contributed by atoms with Crippen molar-refractivity contribution < 1.29 is 19.2 Å². The number of nitrogens with zero attached hydrogens (tertiary/aromatic N) is 3. The lowest BCUT2D eigenvalue weighted by Crippen LogP contribution is -2.33. The van der Waals surface area contributed by atoms with E-state index in [0.29, 0.717) is 0 Å². The van der Waals surface area contributed by atoms with Gasteiger partial charge in [-0.2, -0.15) is 0 Å². The Kier molecular flexibility index (Phi) is 6.04. The molecule has 0 saturated heterocycles. The lowest BCUT2D eigenvalue weighted by Gasteiger charge is -2.20. The molecule has 0 bridgehead atoms. The molecule has 114 valence electrons. The first-order chi connectivity index (χ1) is 9.90. The molecule has 0 spiro atoms. The summed E-state index contributed by atoms with van der Waals surface area (Å²) < 4.78 is 4.50. The van der Waals surface area contributed by atoms with Crippen LogP contribution in [0.25, 0.3) is 0 Å². The minimum absolute atomic E-state index is 0.00267. The molecular formula is C12H14ClN3O5. The number of hydrogen-bond acceptors (Lipinski definition) is 6. The summed E-state index contributed by atoms with van der Waals surface area (Å²) in [6.45, 7) is 2.08. The molecule has 8 nitrogen and oxygen atoms in total. The Morgan fingerprint density at radius 2 is 2.19 bits per heavy atom. The van der Waals surface area contributed by atoms with Crippen molar-refractivity contribution in [1.29, 1.82) is 0 Å². The predicted molar refractivity (Wildman–Crippen MR) is 74.1 cm³/mol. The SMILES string of the molecule is CCN(CCC(=O)OC)C(=O)c1cc(Cl)ncc1[N+](=O)[O-]. The molecule has 1 amide bonds. The highest BCUT2D eigenvalue weighted by Gasteiger charge is 2.25.